The van der Waals surface area contributed by atoms with Gasteiger partial charge in [-0.3, -0.25) is 4.79 Å². The van der Waals surface area contributed by atoms with Crippen LogP contribution in [0.1, 0.15) is 13.8 Å². The first kappa shape index (κ1) is 20.2. The Morgan fingerprint density at radius 3 is 2.62 bits per heavy atom. The van der Waals surface area contributed by atoms with Crippen molar-refractivity contribution in [2.24, 2.45) is 0 Å². The van der Waals surface area contributed by atoms with Crippen molar-refractivity contribution < 1.29 is 14.3 Å². The molecule has 0 saturated heterocycles. The summed E-state index contributed by atoms with van der Waals surface area (Å²) in [6.07, 6.45) is 5.23. The van der Waals surface area contributed by atoms with E-state index < -0.39 is 5.54 Å². The molecule has 1 heterocycles. The number of hydrogen-bond donors (Lipinski definition) is 2. The summed E-state index contributed by atoms with van der Waals surface area (Å²) in [4.78, 5) is 27.8. The molecule has 1 atom stereocenters. The van der Waals surface area contributed by atoms with Crippen molar-refractivity contribution >= 4 is 11.9 Å². The largest absolute Gasteiger partial charge is 0.465 e. The Morgan fingerprint density at radius 2 is 2.04 bits per heavy atom. The Hall–Kier alpha value is -1.86. The number of carbonyl (C=O) groups is 2. The van der Waals surface area contributed by atoms with Crippen LogP contribution in [-0.4, -0.2) is 81.1 Å². The summed E-state index contributed by atoms with van der Waals surface area (Å²) in [5.41, 5.74) is 0.0622. The third-order valence-corrected chi connectivity index (χ3v) is 3.89. The molecule has 0 aromatic heterocycles. The lowest BCUT2D eigenvalue weighted by Crippen LogP contribution is -2.50. The van der Waals surface area contributed by atoms with Crippen LogP contribution in [-0.2, 0) is 14.3 Å². The van der Waals surface area contributed by atoms with E-state index in [2.05, 4.69) is 15.5 Å². The third kappa shape index (κ3) is 6.33. The number of rotatable bonds is 9. The van der Waals surface area contributed by atoms with Gasteiger partial charge in [0, 0.05) is 26.2 Å². The predicted molar refractivity (Wildman–Crippen MR) is 94.5 cm³/mol. The summed E-state index contributed by atoms with van der Waals surface area (Å²) in [6.45, 7) is 6.98. The minimum atomic E-state index is -0.445. The number of likely N-dealkylation sites (N-methyl/N-ethyl adjacent to an activating group) is 2. The van der Waals surface area contributed by atoms with Crippen LogP contribution in [0.5, 0.6) is 0 Å². The van der Waals surface area contributed by atoms with Crippen LogP contribution in [0.3, 0.4) is 0 Å². The Kier molecular flexibility index (Phi) is 7.94. The number of carbonyl (C=O) groups excluding carboxylic acids is 2. The van der Waals surface area contributed by atoms with Crippen molar-refractivity contribution in [3.63, 3.8) is 0 Å². The van der Waals surface area contributed by atoms with E-state index in [-0.39, 0.29) is 18.4 Å². The zero-order chi connectivity index (χ0) is 18.2. The van der Waals surface area contributed by atoms with Gasteiger partial charge in [-0.1, -0.05) is 0 Å². The third-order valence-electron chi connectivity index (χ3n) is 3.89. The van der Waals surface area contributed by atoms with Gasteiger partial charge < -0.3 is 25.2 Å². The maximum atomic E-state index is 12.3. The molecular weight excluding hydrogens is 308 g/mol. The maximum absolute atomic E-state index is 12.3. The van der Waals surface area contributed by atoms with Crippen LogP contribution in [0.15, 0.2) is 23.9 Å². The molecule has 1 amide bonds. The minimum Gasteiger partial charge on any atom is -0.465 e. The Labute approximate surface area is 144 Å². The van der Waals surface area contributed by atoms with Gasteiger partial charge in [0.15, 0.2) is 0 Å². The fourth-order valence-electron chi connectivity index (χ4n) is 2.42. The van der Waals surface area contributed by atoms with Gasteiger partial charge in [-0.15, -0.1) is 0 Å². The summed E-state index contributed by atoms with van der Waals surface area (Å²) in [6, 6.07) is 0. The van der Waals surface area contributed by atoms with E-state index >= 15 is 0 Å². The van der Waals surface area contributed by atoms with Crippen molar-refractivity contribution in [1.82, 2.24) is 20.4 Å². The van der Waals surface area contributed by atoms with E-state index in [0.29, 0.717) is 25.2 Å². The van der Waals surface area contributed by atoms with Gasteiger partial charge in [0.25, 0.3) is 0 Å². The molecule has 7 heteroatoms. The van der Waals surface area contributed by atoms with Gasteiger partial charge in [-0.05, 0) is 46.3 Å². The summed E-state index contributed by atoms with van der Waals surface area (Å²) in [5.74, 6) is -0.289. The number of ether oxygens (including phenoxy) is 1. The Morgan fingerprint density at radius 1 is 1.33 bits per heavy atom. The molecule has 7 nitrogen and oxygen atoms in total. The topological polar surface area (TPSA) is 73.9 Å². The quantitative estimate of drug-likeness (QED) is 0.575. The van der Waals surface area contributed by atoms with E-state index in [1.807, 2.05) is 38.9 Å². The van der Waals surface area contributed by atoms with Gasteiger partial charge in [0.2, 0.25) is 5.91 Å². The highest BCUT2D eigenvalue weighted by Gasteiger charge is 2.25. The second-order valence-electron chi connectivity index (χ2n) is 6.37. The fourth-order valence-corrected chi connectivity index (χ4v) is 2.42. The number of methoxy groups -OCH3 is 1. The highest BCUT2D eigenvalue weighted by molar-refractivity contribution is 5.92. The highest BCUT2D eigenvalue weighted by Crippen LogP contribution is 2.15. The summed E-state index contributed by atoms with van der Waals surface area (Å²) in [5, 5.41) is 6.38. The first-order valence-corrected chi connectivity index (χ1v) is 8.20. The number of hydrogen-bond acceptors (Lipinski definition) is 6. The lowest BCUT2D eigenvalue weighted by Gasteiger charge is -2.31. The normalized spacial score (nSPS) is 19.7. The van der Waals surface area contributed by atoms with Crippen molar-refractivity contribution in [2.45, 2.75) is 19.4 Å². The Bertz CT molecular complexity index is 502. The van der Waals surface area contributed by atoms with Crippen molar-refractivity contribution in [1.29, 1.82) is 0 Å². The maximum Gasteiger partial charge on any atom is 0.337 e. The van der Waals surface area contributed by atoms with E-state index in [1.165, 1.54) is 7.11 Å². The van der Waals surface area contributed by atoms with E-state index in [0.717, 1.165) is 6.54 Å². The monoisotopic (exact) mass is 338 g/mol. The second-order valence-corrected chi connectivity index (χ2v) is 6.37. The summed E-state index contributed by atoms with van der Waals surface area (Å²) < 4.78 is 4.75. The first-order valence-electron chi connectivity index (χ1n) is 8.20. The lowest BCUT2D eigenvalue weighted by atomic mass is 9.96. The first-order chi connectivity index (χ1) is 11.3. The van der Waals surface area contributed by atoms with Gasteiger partial charge in [0.1, 0.15) is 0 Å². The predicted octanol–water partition coefficient (Wildman–Crippen LogP) is -0.0389. The van der Waals surface area contributed by atoms with Crippen LogP contribution in [0.2, 0.25) is 0 Å². The molecule has 24 heavy (non-hydrogen) atoms. The van der Waals surface area contributed by atoms with Gasteiger partial charge >= 0.3 is 5.97 Å². The summed E-state index contributed by atoms with van der Waals surface area (Å²) >= 11 is 0. The van der Waals surface area contributed by atoms with Gasteiger partial charge in [-0.2, -0.15) is 0 Å². The van der Waals surface area contributed by atoms with Crippen molar-refractivity contribution in [3.05, 3.63) is 23.9 Å². The van der Waals surface area contributed by atoms with Gasteiger partial charge in [0.05, 0.1) is 24.8 Å². The number of nitrogens with zero attached hydrogens (tertiary/aromatic N) is 2. The van der Waals surface area contributed by atoms with E-state index in [1.54, 1.807) is 12.3 Å². The average molecular weight is 338 g/mol. The molecule has 1 unspecified atom stereocenters. The standard InChI is InChI=1S/C17H30N4O3/c1-6-21(10-9-20(3)4)15(22)12-18-13-17(2)11-14(7-8-19-17)16(23)24-5/h7-8,11,18-19H,6,9-10,12-13H2,1-5H3. The fraction of sp³-hybridized carbons (Fsp3) is 0.647. The molecule has 0 aromatic carbocycles. The molecule has 2 N–H and O–H groups in total. The zero-order valence-electron chi connectivity index (χ0n) is 15.4. The number of nitrogens with one attached hydrogen (secondary N) is 2. The van der Waals surface area contributed by atoms with Crippen molar-refractivity contribution in [3.8, 4) is 0 Å². The number of dihydropyridines is 1. The SMILES string of the molecule is CCN(CCN(C)C)C(=O)CNCC1(C)C=C(C(=O)OC)C=CN1. The molecule has 0 bridgehead atoms. The molecular formula is C17H30N4O3. The van der Waals surface area contributed by atoms with E-state index in [4.69, 9.17) is 4.74 Å². The molecule has 136 valence electrons. The smallest absolute Gasteiger partial charge is 0.337 e. The molecule has 1 aliphatic rings. The lowest BCUT2D eigenvalue weighted by molar-refractivity contribution is -0.135. The van der Waals surface area contributed by atoms with Crippen LogP contribution < -0.4 is 10.6 Å². The average Bonchev–Trinajstić information content (AvgIpc) is 2.54. The molecule has 0 spiro atoms. The molecule has 0 fully saturated rings. The summed E-state index contributed by atoms with van der Waals surface area (Å²) in [7, 11) is 5.34. The second kappa shape index (κ2) is 9.44. The molecule has 0 saturated carbocycles. The molecule has 0 aromatic rings. The van der Waals surface area contributed by atoms with Gasteiger partial charge in [-0.25, -0.2) is 4.79 Å². The number of esters is 1. The van der Waals surface area contributed by atoms with Crippen LogP contribution >= 0.6 is 0 Å². The highest BCUT2D eigenvalue weighted by atomic mass is 16.5. The zero-order valence-corrected chi connectivity index (χ0v) is 15.4. The Balaban J connectivity index is 2.50. The molecule has 0 aliphatic carbocycles. The molecule has 1 rings (SSSR count). The molecule has 1 aliphatic heterocycles. The molecule has 0 radical (unpaired) electrons. The number of amides is 1. The minimum absolute atomic E-state index is 0.0754. The van der Waals surface area contributed by atoms with Crippen LogP contribution in [0.4, 0.5) is 0 Å². The van der Waals surface area contributed by atoms with Crippen molar-refractivity contribution in [2.75, 3.05) is 53.9 Å². The van der Waals surface area contributed by atoms with Crippen LogP contribution in [0.25, 0.3) is 0 Å². The van der Waals surface area contributed by atoms with E-state index in [9.17, 15) is 9.59 Å². The van der Waals surface area contributed by atoms with Crippen LogP contribution in [0, 0.1) is 0 Å².